The van der Waals surface area contributed by atoms with Gasteiger partial charge in [-0.2, -0.15) is 0 Å². The smallest absolute Gasteiger partial charge is 0.293 e. The highest BCUT2D eigenvalue weighted by Gasteiger charge is 2.34. The number of anilines is 1. The molecule has 31 heavy (non-hydrogen) atoms. The molecule has 10 nitrogen and oxygen atoms in total. The lowest BCUT2D eigenvalue weighted by Gasteiger charge is -2.23. The van der Waals surface area contributed by atoms with E-state index in [0.29, 0.717) is 17.8 Å². The van der Waals surface area contributed by atoms with Gasteiger partial charge in [0.05, 0.1) is 14.7 Å². The number of nitrogens with zero attached hydrogens (tertiary/aromatic N) is 2. The lowest BCUT2D eigenvalue weighted by Crippen LogP contribution is -2.46. The molecule has 1 saturated heterocycles. The van der Waals surface area contributed by atoms with Gasteiger partial charge in [0.2, 0.25) is 5.91 Å². The summed E-state index contributed by atoms with van der Waals surface area (Å²) in [5.74, 6) is -0.432. The molecule has 1 aromatic heterocycles. The molecule has 1 atom stereocenters. The van der Waals surface area contributed by atoms with E-state index in [0.717, 1.165) is 18.7 Å². The fourth-order valence-corrected chi connectivity index (χ4v) is 4.69. The number of nitro benzene ring substituents is 1. The third-order valence-electron chi connectivity index (χ3n) is 4.88. The fourth-order valence-electron chi connectivity index (χ4n) is 3.37. The monoisotopic (exact) mass is 466 g/mol. The zero-order valence-corrected chi connectivity index (χ0v) is 18.4. The lowest BCUT2D eigenvalue weighted by atomic mass is 10.2. The molecule has 3 rings (SSSR count). The van der Waals surface area contributed by atoms with E-state index in [1.165, 1.54) is 23.5 Å². The molecule has 2 aromatic rings. The van der Waals surface area contributed by atoms with Crippen LogP contribution in [0.3, 0.4) is 0 Å². The van der Waals surface area contributed by atoms with E-state index >= 15 is 0 Å². The van der Waals surface area contributed by atoms with Crippen molar-refractivity contribution in [3.05, 3.63) is 50.7 Å². The van der Waals surface area contributed by atoms with E-state index in [4.69, 9.17) is 0 Å². The van der Waals surface area contributed by atoms with Crippen molar-refractivity contribution in [1.29, 1.82) is 0 Å². The fraction of sp³-hybridized carbons (Fsp3) is 0.368. The summed E-state index contributed by atoms with van der Waals surface area (Å²) in [6.07, 6.45) is 2.30. The first-order valence-electron chi connectivity index (χ1n) is 9.53. The van der Waals surface area contributed by atoms with Crippen LogP contribution in [0.5, 0.6) is 0 Å². The van der Waals surface area contributed by atoms with Gasteiger partial charge in [-0.05, 0) is 36.4 Å². The predicted octanol–water partition coefficient (Wildman–Crippen LogP) is 1.89. The number of nitro groups is 1. The molecule has 0 radical (unpaired) electrons. The van der Waals surface area contributed by atoms with Crippen molar-refractivity contribution in [2.24, 2.45) is 0 Å². The Kier molecular flexibility index (Phi) is 6.91. The maximum absolute atomic E-state index is 12.6. The molecule has 2 heterocycles. The van der Waals surface area contributed by atoms with Crippen LogP contribution in [0, 0.1) is 10.1 Å². The van der Waals surface area contributed by atoms with Crippen LogP contribution < -0.4 is 10.6 Å². The van der Waals surface area contributed by atoms with Crippen molar-refractivity contribution in [3.8, 4) is 0 Å². The average molecular weight is 467 g/mol. The first kappa shape index (κ1) is 22.7. The number of hydrogen-bond acceptors (Lipinski definition) is 8. The minimum atomic E-state index is -3.57. The number of rotatable bonds is 8. The topological polar surface area (TPSA) is 139 Å². The Morgan fingerprint density at radius 1 is 1.29 bits per heavy atom. The van der Waals surface area contributed by atoms with E-state index < -0.39 is 20.8 Å². The summed E-state index contributed by atoms with van der Waals surface area (Å²) in [5.41, 5.74) is -0.209. The van der Waals surface area contributed by atoms with Gasteiger partial charge in [0.1, 0.15) is 11.7 Å². The van der Waals surface area contributed by atoms with Gasteiger partial charge in [0.15, 0.2) is 9.84 Å². The molecule has 2 N–H and O–H groups in total. The molecule has 166 valence electrons. The number of carbonyl (C=O) groups is 2. The Morgan fingerprint density at radius 2 is 2.06 bits per heavy atom. The number of carbonyl (C=O) groups excluding carboxylic acids is 2. The van der Waals surface area contributed by atoms with Gasteiger partial charge in [-0.1, -0.05) is 6.07 Å². The van der Waals surface area contributed by atoms with Crippen molar-refractivity contribution in [2.75, 3.05) is 31.2 Å². The summed E-state index contributed by atoms with van der Waals surface area (Å²) in [6, 6.07) is 6.59. The molecule has 0 saturated carbocycles. The van der Waals surface area contributed by atoms with Gasteiger partial charge in [-0.25, -0.2) is 8.42 Å². The van der Waals surface area contributed by atoms with Crippen LogP contribution in [-0.2, 0) is 14.6 Å². The first-order valence-corrected chi connectivity index (χ1v) is 12.3. The van der Waals surface area contributed by atoms with Crippen LogP contribution in [0.1, 0.15) is 22.5 Å². The molecular formula is C19H22N4O6S2. The third kappa shape index (κ3) is 5.39. The number of thiophene rings is 1. The molecule has 1 aromatic carbocycles. The van der Waals surface area contributed by atoms with Crippen molar-refractivity contribution >= 4 is 44.4 Å². The molecule has 2 amide bonds. The standard InChI is InChI=1S/C19H22N4O6S2/c1-31(28,29)13-6-7-14(16(12-13)23(26)27)20-8-9-21-18(24)15-4-2-10-22(15)19(25)17-5-3-11-30-17/h3,5-7,11-12,15,20H,2,4,8-10H2,1H3,(H,21,24)/t15-/m0/s1. The lowest BCUT2D eigenvalue weighted by molar-refractivity contribution is -0.384. The minimum absolute atomic E-state index is 0.144. The van der Waals surface area contributed by atoms with Gasteiger partial charge < -0.3 is 15.5 Å². The number of benzene rings is 1. The van der Waals surface area contributed by atoms with Gasteiger partial charge in [0, 0.05) is 32.0 Å². The summed E-state index contributed by atoms with van der Waals surface area (Å²) >= 11 is 1.33. The summed E-state index contributed by atoms with van der Waals surface area (Å²) in [7, 11) is -3.57. The number of likely N-dealkylation sites (tertiary alicyclic amines) is 1. The van der Waals surface area contributed by atoms with E-state index in [-0.39, 0.29) is 41.2 Å². The zero-order chi connectivity index (χ0) is 22.6. The maximum atomic E-state index is 12.6. The van der Waals surface area contributed by atoms with Crippen LogP contribution >= 0.6 is 11.3 Å². The molecule has 0 unspecified atom stereocenters. The molecule has 1 fully saturated rings. The van der Waals surface area contributed by atoms with Crippen LogP contribution in [0.4, 0.5) is 11.4 Å². The Hall–Kier alpha value is -2.99. The Morgan fingerprint density at radius 3 is 2.71 bits per heavy atom. The Balaban J connectivity index is 1.56. The second kappa shape index (κ2) is 9.43. The van der Waals surface area contributed by atoms with Crippen LogP contribution in [0.15, 0.2) is 40.6 Å². The average Bonchev–Trinajstić information content (AvgIpc) is 3.41. The number of hydrogen-bond donors (Lipinski definition) is 2. The molecule has 1 aliphatic heterocycles. The summed E-state index contributed by atoms with van der Waals surface area (Å²) < 4.78 is 23.2. The summed E-state index contributed by atoms with van der Waals surface area (Å²) in [5, 5.41) is 18.7. The first-order chi connectivity index (χ1) is 14.7. The van der Waals surface area contributed by atoms with E-state index in [2.05, 4.69) is 10.6 Å². The molecular weight excluding hydrogens is 444 g/mol. The van der Waals surface area contributed by atoms with Crippen LogP contribution in [0.2, 0.25) is 0 Å². The van der Waals surface area contributed by atoms with Gasteiger partial charge in [-0.3, -0.25) is 19.7 Å². The molecule has 0 bridgehead atoms. The van der Waals surface area contributed by atoms with Crippen LogP contribution in [-0.4, -0.2) is 62.0 Å². The largest absolute Gasteiger partial charge is 0.378 e. The highest BCUT2D eigenvalue weighted by atomic mass is 32.2. The Labute approximate surface area is 183 Å². The zero-order valence-electron chi connectivity index (χ0n) is 16.7. The van der Waals surface area contributed by atoms with Gasteiger partial charge >= 0.3 is 0 Å². The Bertz CT molecular complexity index is 1080. The SMILES string of the molecule is CS(=O)(=O)c1ccc(NCCNC(=O)[C@@H]2CCCN2C(=O)c2cccs2)c([N+](=O)[O-])c1. The van der Waals surface area contributed by atoms with Crippen LogP contribution in [0.25, 0.3) is 0 Å². The second-order valence-corrected chi connectivity index (χ2v) is 10.0. The quantitative estimate of drug-likeness (QED) is 0.344. The van der Waals surface area contributed by atoms with E-state index in [9.17, 15) is 28.1 Å². The number of amides is 2. The molecule has 0 spiro atoms. The van der Waals surface area contributed by atoms with Crippen molar-refractivity contribution in [1.82, 2.24) is 10.2 Å². The maximum Gasteiger partial charge on any atom is 0.293 e. The minimum Gasteiger partial charge on any atom is -0.378 e. The van der Waals surface area contributed by atoms with E-state index in [1.54, 1.807) is 17.0 Å². The normalized spacial score (nSPS) is 16.2. The molecule has 1 aliphatic rings. The second-order valence-electron chi connectivity index (χ2n) is 7.06. The molecule has 0 aliphatic carbocycles. The van der Waals surface area contributed by atoms with Crippen molar-refractivity contribution in [3.63, 3.8) is 0 Å². The highest BCUT2D eigenvalue weighted by molar-refractivity contribution is 7.90. The van der Waals surface area contributed by atoms with Gasteiger partial charge in [-0.15, -0.1) is 11.3 Å². The van der Waals surface area contributed by atoms with Crippen molar-refractivity contribution in [2.45, 2.75) is 23.8 Å². The number of sulfone groups is 1. The molecule has 12 heteroatoms. The predicted molar refractivity (Wildman–Crippen MR) is 116 cm³/mol. The van der Waals surface area contributed by atoms with E-state index in [1.807, 2.05) is 5.38 Å². The summed E-state index contributed by atoms with van der Waals surface area (Å²) in [4.78, 5) is 37.8. The van der Waals surface area contributed by atoms with Crippen molar-refractivity contribution < 1.29 is 22.9 Å². The number of nitrogens with one attached hydrogen (secondary N) is 2. The third-order valence-corrected chi connectivity index (χ3v) is 6.85. The highest BCUT2D eigenvalue weighted by Crippen LogP contribution is 2.27. The van der Waals surface area contributed by atoms with Gasteiger partial charge in [0.25, 0.3) is 11.6 Å². The summed E-state index contributed by atoms with van der Waals surface area (Å²) in [6.45, 7) is 0.893.